The van der Waals surface area contributed by atoms with E-state index in [2.05, 4.69) is 4.98 Å². The third kappa shape index (κ3) is 3.32. The van der Waals surface area contributed by atoms with E-state index in [-0.39, 0.29) is 5.97 Å². The van der Waals surface area contributed by atoms with E-state index in [1.165, 1.54) is 11.8 Å². The summed E-state index contributed by atoms with van der Waals surface area (Å²) >= 11 is 1.42. The second kappa shape index (κ2) is 6.23. The molecule has 0 saturated heterocycles. The summed E-state index contributed by atoms with van der Waals surface area (Å²) in [6.07, 6.45) is 3.60. The zero-order valence-corrected chi connectivity index (χ0v) is 13.9. The Bertz CT molecular complexity index is 545. The maximum absolute atomic E-state index is 12.1. The molecule has 0 saturated carbocycles. The van der Waals surface area contributed by atoms with E-state index in [1.807, 2.05) is 27.0 Å². The number of fused-ring (bicyclic) bond motifs is 1. The van der Waals surface area contributed by atoms with Gasteiger partial charge in [0.05, 0.1) is 18.9 Å². The van der Waals surface area contributed by atoms with Crippen LogP contribution in [0.25, 0.3) is 0 Å². The molecule has 0 N–H and O–H groups in total. The van der Waals surface area contributed by atoms with Crippen LogP contribution in [0, 0.1) is 6.92 Å². The Morgan fingerprint density at radius 1 is 1.57 bits per heavy atom. The van der Waals surface area contributed by atoms with E-state index in [0.717, 1.165) is 16.8 Å². The molecule has 0 aromatic carbocycles. The van der Waals surface area contributed by atoms with Crippen LogP contribution in [0.3, 0.4) is 0 Å². The van der Waals surface area contributed by atoms with Crippen molar-refractivity contribution in [3.8, 4) is 5.75 Å². The Kier molecular flexibility index (Phi) is 4.78. The molecule has 5 nitrogen and oxygen atoms in total. The molecule has 0 aliphatic carbocycles. The summed E-state index contributed by atoms with van der Waals surface area (Å²) < 4.78 is 16.7. The lowest BCUT2D eigenvalue weighted by atomic mass is 10.0. The Balaban J connectivity index is 2.44. The van der Waals surface area contributed by atoms with Crippen LogP contribution in [-0.2, 0) is 20.9 Å². The molecule has 6 heteroatoms. The standard InChI is InChI=1S/C15H21NO4S/c1-6-18-14(17)13(21-5)10-7-16-9(2)12-11(10)8-19-15(3,4)20-12/h7,13H,6,8H2,1-5H3. The fourth-order valence-electron chi connectivity index (χ4n) is 2.25. The SMILES string of the molecule is CCOC(=O)C(SC)c1cnc(C)c2c1COC(C)(C)O2. The average Bonchev–Trinajstić information content (AvgIpc) is 2.42. The molecule has 0 bridgehead atoms. The highest BCUT2D eigenvalue weighted by molar-refractivity contribution is 7.99. The number of hydrogen-bond acceptors (Lipinski definition) is 6. The van der Waals surface area contributed by atoms with E-state index in [4.69, 9.17) is 14.2 Å². The molecule has 116 valence electrons. The summed E-state index contributed by atoms with van der Waals surface area (Å²) in [6, 6.07) is 0. The molecular formula is C15H21NO4S. The van der Waals surface area contributed by atoms with Crippen molar-refractivity contribution in [1.29, 1.82) is 0 Å². The van der Waals surface area contributed by atoms with Crippen molar-refractivity contribution in [2.75, 3.05) is 12.9 Å². The molecule has 21 heavy (non-hydrogen) atoms. The number of esters is 1. The molecule has 2 rings (SSSR count). The minimum Gasteiger partial charge on any atom is -0.465 e. The van der Waals surface area contributed by atoms with Crippen molar-refractivity contribution in [1.82, 2.24) is 4.98 Å². The number of aromatic nitrogens is 1. The third-order valence-electron chi connectivity index (χ3n) is 3.28. The minimum absolute atomic E-state index is 0.261. The van der Waals surface area contributed by atoms with Gasteiger partial charge in [-0.3, -0.25) is 9.78 Å². The highest BCUT2D eigenvalue weighted by Gasteiger charge is 2.34. The summed E-state index contributed by atoms with van der Waals surface area (Å²) in [7, 11) is 0. The van der Waals surface area contributed by atoms with Crippen LogP contribution in [0.5, 0.6) is 5.75 Å². The fraction of sp³-hybridized carbons (Fsp3) is 0.600. The summed E-state index contributed by atoms with van der Waals surface area (Å²) in [5, 5.41) is -0.416. The summed E-state index contributed by atoms with van der Waals surface area (Å²) in [6.45, 7) is 8.17. The first-order valence-electron chi connectivity index (χ1n) is 6.90. The minimum atomic E-state index is -0.684. The van der Waals surface area contributed by atoms with Crippen LogP contribution < -0.4 is 4.74 Å². The molecule has 1 aliphatic rings. The van der Waals surface area contributed by atoms with E-state index in [1.54, 1.807) is 13.1 Å². The maximum atomic E-state index is 12.1. The number of carbonyl (C=O) groups is 1. The molecule has 0 amide bonds. The Morgan fingerprint density at radius 3 is 2.90 bits per heavy atom. The number of hydrogen-bond donors (Lipinski definition) is 0. The van der Waals surface area contributed by atoms with E-state index >= 15 is 0 Å². The lowest BCUT2D eigenvalue weighted by Crippen LogP contribution is -2.36. The molecule has 1 atom stereocenters. The predicted molar refractivity (Wildman–Crippen MR) is 81.4 cm³/mol. The molecule has 2 heterocycles. The number of nitrogens with zero attached hydrogens (tertiary/aromatic N) is 1. The summed E-state index contributed by atoms with van der Waals surface area (Å²) in [4.78, 5) is 16.5. The topological polar surface area (TPSA) is 57.7 Å². The maximum Gasteiger partial charge on any atom is 0.323 e. The summed E-state index contributed by atoms with van der Waals surface area (Å²) in [5.74, 6) is -0.230. The highest BCUT2D eigenvalue weighted by atomic mass is 32.2. The number of thioether (sulfide) groups is 1. The van der Waals surface area contributed by atoms with Crippen LogP contribution in [0.2, 0.25) is 0 Å². The zero-order valence-electron chi connectivity index (χ0n) is 13.1. The molecule has 0 spiro atoms. The molecule has 1 aliphatic heterocycles. The predicted octanol–water partition coefficient (Wildman–Crippen LogP) is 3.00. The smallest absolute Gasteiger partial charge is 0.323 e. The van der Waals surface area contributed by atoms with Gasteiger partial charge in [0.15, 0.2) is 0 Å². The van der Waals surface area contributed by atoms with Crippen molar-refractivity contribution in [3.63, 3.8) is 0 Å². The van der Waals surface area contributed by atoms with Crippen LogP contribution in [0.4, 0.5) is 0 Å². The van der Waals surface area contributed by atoms with Gasteiger partial charge < -0.3 is 14.2 Å². The highest BCUT2D eigenvalue weighted by Crippen LogP contribution is 2.40. The summed E-state index contributed by atoms with van der Waals surface area (Å²) in [5.41, 5.74) is 2.49. The number of ether oxygens (including phenoxy) is 3. The lowest BCUT2D eigenvalue weighted by Gasteiger charge is -2.34. The van der Waals surface area contributed by atoms with Crippen molar-refractivity contribution in [2.45, 2.75) is 45.3 Å². The number of carbonyl (C=O) groups excluding carboxylic acids is 1. The number of aryl methyl sites for hydroxylation is 1. The first-order chi connectivity index (χ1) is 9.89. The first kappa shape index (κ1) is 16.1. The number of rotatable bonds is 4. The Hall–Kier alpha value is -1.27. The van der Waals surface area contributed by atoms with Gasteiger partial charge in [0.1, 0.15) is 11.0 Å². The zero-order chi connectivity index (χ0) is 15.6. The van der Waals surface area contributed by atoms with Gasteiger partial charge in [-0.2, -0.15) is 0 Å². The fourth-order valence-corrected chi connectivity index (χ4v) is 2.97. The second-order valence-corrected chi connectivity index (χ2v) is 6.21. The Labute approximate surface area is 129 Å². The molecule has 0 radical (unpaired) electrons. The van der Waals surface area contributed by atoms with Crippen LogP contribution in [-0.4, -0.2) is 29.6 Å². The molecule has 0 fully saturated rings. The first-order valence-corrected chi connectivity index (χ1v) is 8.19. The quantitative estimate of drug-likeness (QED) is 0.797. The Morgan fingerprint density at radius 2 is 2.29 bits per heavy atom. The van der Waals surface area contributed by atoms with E-state index in [0.29, 0.717) is 19.0 Å². The van der Waals surface area contributed by atoms with Crippen LogP contribution >= 0.6 is 11.8 Å². The van der Waals surface area contributed by atoms with Crippen molar-refractivity contribution >= 4 is 17.7 Å². The van der Waals surface area contributed by atoms with Gasteiger partial charge >= 0.3 is 5.97 Å². The van der Waals surface area contributed by atoms with Gasteiger partial charge in [0.25, 0.3) is 0 Å². The van der Waals surface area contributed by atoms with Gasteiger partial charge in [-0.05, 0) is 20.1 Å². The largest absolute Gasteiger partial charge is 0.465 e. The average molecular weight is 311 g/mol. The molecule has 1 aromatic rings. The van der Waals surface area contributed by atoms with Crippen LogP contribution in [0.1, 0.15) is 42.8 Å². The lowest BCUT2D eigenvalue weighted by molar-refractivity contribution is -0.180. The van der Waals surface area contributed by atoms with Crippen LogP contribution in [0.15, 0.2) is 6.20 Å². The molecular weight excluding hydrogens is 290 g/mol. The normalized spacial score (nSPS) is 17.6. The number of pyridine rings is 1. The van der Waals surface area contributed by atoms with Gasteiger partial charge in [-0.25, -0.2) is 0 Å². The van der Waals surface area contributed by atoms with Gasteiger partial charge in [-0.1, -0.05) is 0 Å². The second-order valence-electron chi connectivity index (χ2n) is 5.26. The molecule has 1 aromatic heterocycles. The van der Waals surface area contributed by atoms with E-state index in [9.17, 15) is 4.79 Å². The van der Waals surface area contributed by atoms with Gasteiger partial charge in [-0.15, -0.1) is 11.8 Å². The monoisotopic (exact) mass is 311 g/mol. The van der Waals surface area contributed by atoms with Crippen molar-refractivity contribution < 1.29 is 19.0 Å². The third-order valence-corrected chi connectivity index (χ3v) is 4.20. The van der Waals surface area contributed by atoms with Gasteiger partial charge in [0.2, 0.25) is 5.79 Å². The van der Waals surface area contributed by atoms with Gasteiger partial charge in [0, 0.05) is 31.2 Å². The van der Waals surface area contributed by atoms with E-state index < -0.39 is 11.0 Å². The molecule has 1 unspecified atom stereocenters. The van der Waals surface area contributed by atoms with Crippen molar-refractivity contribution in [2.24, 2.45) is 0 Å². The van der Waals surface area contributed by atoms with Crippen molar-refractivity contribution in [3.05, 3.63) is 23.0 Å².